The minimum absolute atomic E-state index is 0.0528. The second kappa shape index (κ2) is 6.71. The molecule has 0 amide bonds. The number of carbonyl (C=O) groups is 2. The molecule has 26 heavy (non-hydrogen) atoms. The van der Waals surface area contributed by atoms with Gasteiger partial charge in [0.15, 0.2) is 5.78 Å². The van der Waals surface area contributed by atoms with Crippen molar-refractivity contribution in [2.75, 3.05) is 0 Å². The zero-order valence-electron chi connectivity index (χ0n) is 15.3. The van der Waals surface area contributed by atoms with E-state index in [1.807, 2.05) is 45.0 Å². The topological polar surface area (TPSA) is 74.1 Å². The maximum Gasteiger partial charge on any atom is 0.326 e. The Kier molecular flexibility index (Phi) is 4.59. The number of aromatic nitrogens is 3. The fourth-order valence-electron chi connectivity index (χ4n) is 2.86. The van der Waals surface area contributed by atoms with E-state index < -0.39 is 5.60 Å². The fraction of sp³-hybridized carbons (Fsp3) is 0.300. The first-order valence-corrected chi connectivity index (χ1v) is 8.37. The van der Waals surface area contributed by atoms with Crippen molar-refractivity contribution in [2.45, 2.75) is 39.8 Å². The quantitative estimate of drug-likeness (QED) is 0.530. The van der Waals surface area contributed by atoms with Gasteiger partial charge in [0.1, 0.15) is 12.1 Å². The number of Topliss-reactive ketones (excluding diaryl/α,β-unsaturated/α-hetero) is 1. The third kappa shape index (κ3) is 3.79. The molecule has 0 aliphatic rings. The molecule has 0 fully saturated rings. The lowest BCUT2D eigenvalue weighted by Gasteiger charge is -2.19. The van der Waals surface area contributed by atoms with Crippen molar-refractivity contribution in [1.82, 2.24) is 14.8 Å². The summed E-state index contributed by atoms with van der Waals surface area (Å²) >= 11 is 0. The molecule has 134 valence electrons. The van der Waals surface area contributed by atoms with Crippen molar-refractivity contribution >= 4 is 22.7 Å². The van der Waals surface area contributed by atoms with Crippen molar-refractivity contribution < 1.29 is 14.3 Å². The number of carbonyl (C=O) groups excluding carboxylic acids is 2. The van der Waals surface area contributed by atoms with Crippen LogP contribution in [-0.4, -0.2) is 32.1 Å². The standard InChI is InChI=1S/C20H21N3O3/c1-13(24)17-11-23(12-19(25)26-20(2,3)4)18-6-5-14(9-16(17)18)15-7-8-21-22-10-15/h5-11H,12H2,1-4H3. The Morgan fingerprint density at radius 3 is 2.50 bits per heavy atom. The average Bonchev–Trinajstić information content (AvgIpc) is 2.92. The first-order valence-electron chi connectivity index (χ1n) is 8.37. The number of ether oxygens (including phenoxy) is 1. The molecular weight excluding hydrogens is 330 g/mol. The largest absolute Gasteiger partial charge is 0.459 e. The molecule has 0 saturated heterocycles. The van der Waals surface area contributed by atoms with E-state index in [4.69, 9.17) is 4.74 Å². The lowest BCUT2D eigenvalue weighted by Crippen LogP contribution is -2.26. The fourth-order valence-corrected chi connectivity index (χ4v) is 2.86. The minimum atomic E-state index is -0.551. The summed E-state index contributed by atoms with van der Waals surface area (Å²) in [4.78, 5) is 24.3. The van der Waals surface area contributed by atoms with Gasteiger partial charge in [-0.1, -0.05) is 6.07 Å². The van der Waals surface area contributed by atoms with Crippen LogP contribution in [0.1, 0.15) is 38.1 Å². The molecule has 2 aromatic heterocycles. The van der Waals surface area contributed by atoms with Gasteiger partial charge in [-0.3, -0.25) is 9.59 Å². The third-order valence-electron chi connectivity index (χ3n) is 3.90. The second-order valence-electron chi connectivity index (χ2n) is 7.18. The molecule has 0 saturated carbocycles. The minimum Gasteiger partial charge on any atom is -0.459 e. The molecule has 0 aliphatic carbocycles. The van der Waals surface area contributed by atoms with E-state index in [9.17, 15) is 9.59 Å². The summed E-state index contributed by atoms with van der Waals surface area (Å²) in [7, 11) is 0. The molecule has 0 unspecified atom stereocenters. The molecule has 6 nitrogen and oxygen atoms in total. The van der Waals surface area contributed by atoms with Crippen LogP contribution >= 0.6 is 0 Å². The number of hydrogen-bond acceptors (Lipinski definition) is 5. The van der Waals surface area contributed by atoms with Gasteiger partial charge in [-0.25, -0.2) is 0 Å². The first-order chi connectivity index (χ1) is 12.2. The van der Waals surface area contributed by atoms with Crippen LogP contribution in [0.4, 0.5) is 0 Å². The Morgan fingerprint density at radius 2 is 1.88 bits per heavy atom. The van der Waals surface area contributed by atoms with Gasteiger partial charge in [-0.2, -0.15) is 10.2 Å². The van der Waals surface area contributed by atoms with Crippen molar-refractivity contribution in [3.63, 3.8) is 0 Å². The third-order valence-corrected chi connectivity index (χ3v) is 3.90. The molecule has 0 bridgehead atoms. The lowest BCUT2D eigenvalue weighted by molar-refractivity contribution is -0.155. The van der Waals surface area contributed by atoms with Crippen LogP contribution in [0.2, 0.25) is 0 Å². The van der Waals surface area contributed by atoms with Gasteiger partial charge in [0, 0.05) is 28.2 Å². The van der Waals surface area contributed by atoms with Gasteiger partial charge in [0.25, 0.3) is 0 Å². The summed E-state index contributed by atoms with van der Waals surface area (Å²) in [6, 6.07) is 7.64. The molecule has 0 spiro atoms. The molecular formula is C20H21N3O3. The number of hydrogen-bond donors (Lipinski definition) is 0. The molecule has 0 atom stereocenters. The van der Waals surface area contributed by atoms with E-state index in [1.54, 1.807) is 23.2 Å². The highest BCUT2D eigenvalue weighted by Gasteiger charge is 2.19. The molecule has 1 aromatic carbocycles. The normalized spacial score (nSPS) is 11.5. The SMILES string of the molecule is CC(=O)c1cn(CC(=O)OC(C)(C)C)c2ccc(-c3ccnnc3)cc12. The summed E-state index contributed by atoms with van der Waals surface area (Å²) < 4.78 is 7.15. The monoisotopic (exact) mass is 351 g/mol. The van der Waals surface area contributed by atoms with E-state index in [1.165, 1.54) is 6.92 Å². The summed E-state index contributed by atoms with van der Waals surface area (Å²) in [6.45, 7) is 7.06. The van der Waals surface area contributed by atoms with Gasteiger partial charge < -0.3 is 9.30 Å². The zero-order chi connectivity index (χ0) is 18.9. The average molecular weight is 351 g/mol. The van der Waals surface area contributed by atoms with E-state index in [-0.39, 0.29) is 18.3 Å². The molecule has 0 aliphatic heterocycles. The number of benzene rings is 1. The highest BCUT2D eigenvalue weighted by Crippen LogP contribution is 2.28. The predicted octanol–water partition coefficient (Wildman–Crippen LogP) is 3.64. The maximum atomic E-state index is 12.2. The predicted molar refractivity (Wildman–Crippen MR) is 98.8 cm³/mol. The van der Waals surface area contributed by atoms with Gasteiger partial charge in [0.2, 0.25) is 0 Å². The Labute approximate surface area is 151 Å². The summed E-state index contributed by atoms with van der Waals surface area (Å²) in [5, 5.41) is 8.48. The van der Waals surface area contributed by atoms with Crippen molar-refractivity contribution in [2.24, 2.45) is 0 Å². The molecule has 3 rings (SSSR count). The molecule has 2 heterocycles. The lowest BCUT2D eigenvalue weighted by atomic mass is 10.0. The zero-order valence-corrected chi connectivity index (χ0v) is 15.3. The Bertz CT molecular complexity index is 969. The van der Waals surface area contributed by atoms with Crippen LogP contribution in [-0.2, 0) is 16.1 Å². The van der Waals surface area contributed by atoms with Gasteiger partial charge in [-0.15, -0.1) is 0 Å². The summed E-state index contributed by atoms with van der Waals surface area (Å²) in [5.41, 5.74) is 2.69. The second-order valence-corrected chi connectivity index (χ2v) is 7.18. The maximum absolute atomic E-state index is 12.2. The first kappa shape index (κ1) is 17.8. The number of rotatable bonds is 4. The van der Waals surface area contributed by atoms with Crippen molar-refractivity contribution in [3.8, 4) is 11.1 Å². The molecule has 6 heteroatoms. The van der Waals surface area contributed by atoms with E-state index in [0.29, 0.717) is 5.56 Å². The summed E-state index contributed by atoms with van der Waals surface area (Å²) in [5.74, 6) is -0.394. The van der Waals surface area contributed by atoms with Gasteiger partial charge in [-0.05, 0) is 51.5 Å². The number of esters is 1. The van der Waals surface area contributed by atoms with Crippen LogP contribution in [0.15, 0.2) is 42.9 Å². The Balaban J connectivity index is 2.03. The highest BCUT2D eigenvalue weighted by atomic mass is 16.6. The molecule has 0 radical (unpaired) electrons. The highest BCUT2D eigenvalue weighted by molar-refractivity contribution is 6.08. The van der Waals surface area contributed by atoms with E-state index in [0.717, 1.165) is 22.0 Å². The molecule has 0 N–H and O–H groups in total. The number of ketones is 1. The number of fused-ring (bicyclic) bond motifs is 1. The van der Waals surface area contributed by atoms with Crippen molar-refractivity contribution in [3.05, 3.63) is 48.4 Å². The van der Waals surface area contributed by atoms with Crippen LogP contribution in [0.5, 0.6) is 0 Å². The number of nitrogens with zero attached hydrogens (tertiary/aromatic N) is 3. The van der Waals surface area contributed by atoms with Crippen LogP contribution in [0.3, 0.4) is 0 Å². The molecule has 3 aromatic rings. The van der Waals surface area contributed by atoms with Gasteiger partial charge >= 0.3 is 5.97 Å². The van der Waals surface area contributed by atoms with Crippen LogP contribution in [0, 0.1) is 0 Å². The van der Waals surface area contributed by atoms with Crippen LogP contribution < -0.4 is 0 Å². The van der Waals surface area contributed by atoms with Crippen molar-refractivity contribution in [1.29, 1.82) is 0 Å². The van der Waals surface area contributed by atoms with E-state index >= 15 is 0 Å². The van der Waals surface area contributed by atoms with Gasteiger partial charge in [0.05, 0.1) is 12.4 Å². The smallest absolute Gasteiger partial charge is 0.326 e. The summed E-state index contributed by atoms with van der Waals surface area (Å²) in [6.07, 6.45) is 5.01. The Morgan fingerprint density at radius 1 is 1.12 bits per heavy atom. The van der Waals surface area contributed by atoms with E-state index in [2.05, 4.69) is 10.2 Å². The Hall–Kier alpha value is -3.02. The van der Waals surface area contributed by atoms with Crippen LogP contribution in [0.25, 0.3) is 22.0 Å².